The molecule has 1 saturated heterocycles. The van der Waals surface area contributed by atoms with Gasteiger partial charge in [0.15, 0.2) is 0 Å². The molecule has 160 valence electrons. The van der Waals surface area contributed by atoms with Crippen molar-refractivity contribution in [3.8, 4) is 0 Å². The molecule has 0 atom stereocenters. The second-order valence-corrected chi connectivity index (χ2v) is 9.27. The molecular formula is C26H34N2O2. The number of benzene rings is 2. The Hall–Kier alpha value is -2.62. The van der Waals surface area contributed by atoms with E-state index in [1.165, 1.54) is 17.5 Å². The summed E-state index contributed by atoms with van der Waals surface area (Å²) in [5.41, 5.74) is 4.36. The smallest absolute Gasteiger partial charge is 0.253 e. The first-order valence-electron chi connectivity index (χ1n) is 11.1. The zero-order chi connectivity index (χ0) is 21.6. The molecule has 0 unspecified atom stereocenters. The van der Waals surface area contributed by atoms with E-state index in [0.717, 1.165) is 43.5 Å². The minimum Gasteiger partial charge on any atom is -0.352 e. The molecule has 0 aromatic heterocycles. The van der Waals surface area contributed by atoms with Crippen molar-refractivity contribution in [2.24, 2.45) is 0 Å². The van der Waals surface area contributed by atoms with E-state index >= 15 is 0 Å². The summed E-state index contributed by atoms with van der Waals surface area (Å²) in [5, 5.41) is 2.98. The molecule has 3 rings (SSSR count). The molecule has 0 saturated carbocycles. The maximum absolute atomic E-state index is 12.5. The highest BCUT2D eigenvalue weighted by Gasteiger charge is 2.18. The third kappa shape index (κ3) is 6.19. The molecule has 2 aromatic carbocycles. The molecule has 1 N–H and O–H groups in total. The monoisotopic (exact) mass is 406 g/mol. The molecule has 1 fully saturated rings. The molecule has 4 nitrogen and oxygen atoms in total. The van der Waals surface area contributed by atoms with Crippen LogP contribution < -0.4 is 5.32 Å². The van der Waals surface area contributed by atoms with E-state index in [2.05, 4.69) is 50.4 Å². The summed E-state index contributed by atoms with van der Waals surface area (Å²) in [7, 11) is 0. The summed E-state index contributed by atoms with van der Waals surface area (Å²) >= 11 is 0. The average molecular weight is 407 g/mol. The Kier molecular flexibility index (Phi) is 7.30. The molecule has 2 amide bonds. The highest BCUT2D eigenvalue weighted by molar-refractivity contribution is 5.94. The van der Waals surface area contributed by atoms with Crippen molar-refractivity contribution in [2.45, 2.75) is 64.8 Å². The highest BCUT2D eigenvalue weighted by Crippen LogP contribution is 2.22. The van der Waals surface area contributed by atoms with Crippen LogP contribution in [0, 0.1) is 0 Å². The zero-order valence-electron chi connectivity index (χ0n) is 18.5. The second-order valence-electron chi connectivity index (χ2n) is 9.27. The molecule has 1 aliphatic heterocycles. The number of piperidine rings is 1. The lowest BCUT2D eigenvalue weighted by Gasteiger charge is -2.26. The molecule has 30 heavy (non-hydrogen) atoms. The van der Waals surface area contributed by atoms with E-state index in [-0.39, 0.29) is 17.2 Å². The first-order valence-corrected chi connectivity index (χ1v) is 11.1. The predicted octanol–water partition coefficient (Wildman–Crippen LogP) is 4.86. The van der Waals surface area contributed by atoms with Gasteiger partial charge in [0.2, 0.25) is 5.91 Å². The summed E-state index contributed by atoms with van der Waals surface area (Å²) < 4.78 is 0. The number of hydrogen-bond donors (Lipinski definition) is 1. The summed E-state index contributed by atoms with van der Waals surface area (Å²) in [4.78, 5) is 26.7. The number of carbonyl (C=O) groups is 2. The van der Waals surface area contributed by atoms with Gasteiger partial charge < -0.3 is 10.2 Å². The van der Waals surface area contributed by atoms with Crippen molar-refractivity contribution in [3.63, 3.8) is 0 Å². The van der Waals surface area contributed by atoms with E-state index in [1.54, 1.807) is 0 Å². The molecular weight excluding hydrogens is 372 g/mol. The van der Waals surface area contributed by atoms with Crippen molar-refractivity contribution < 1.29 is 9.59 Å². The Labute approximate surface area is 180 Å². The fourth-order valence-electron chi connectivity index (χ4n) is 3.76. The zero-order valence-corrected chi connectivity index (χ0v) is 18.5. The molecule has 0 bridgehead atoms. The topological polar surface area (TPSA) is 49.4 Å². The maximum atomic E-state index is 12.5. The van der Waals surface area contributed by atoms with Gasteiger partial charge >= 0.3 is 0 Å². The molecule has 0 radical (unpaired) electrons. The SMILES string of the molecule is CC(C)(C)c1ccc(CCC(=O)NCc2ccc(C(=O)N3CCCCC3)cc2)cc1. The van der Waals surface area contributed by atoms with Crippen LogP contribution in [0.5, 0.6) is 0 Å². The number of likely N-dealkylation sites (tertiary alicyclic amines) is 1. The van der Waals surface area contributed by atoms with Crippen LogP contribution in [-0.2, 0) is 23.2 Å². The number of carbonyl (C=O) groups excluding carboxylic acids is 2. The molecule has 4 heteroatoms. The minimum absolute atomic E-state index is 0.0448. The predicted molar refractivity (Wildman–Crippen MR) is 122 cm³/mol. The number of hydrogen-bond acceptors (Lipinski definition) is 2. The Balaban J connectivity index is 1.43. The Morgan fingerprint density at radius 2 is 1.47 bits per heavy atom. The lowest BCUT2D eigenvalue weighted by Crippen LogP contribution is -2.35. The van der Waals surface area contributed by atoms with Crippen LogP contribution in [0.2, 0.25) is 0 Å². The van der Waals surface area contributed by atoms with Gasteiger partial charge in [0.05, 0.1) is 0 Å². The van der Waals surface area contributed by atoms with Gasteiger partial charge in [-0.25, -0.2) is 0 Å². The van der Waals surface area contributed by atoms with Crippen molar-refractivity contribution >= 4 is 11.8 Å². The van der Waals surface area contributed by atoms with Crippen LogP contribution in [0.4, 0.5) is 0 Å². The standard InChI is InChI=1S/C26H34N2O2/c1-26(2,3)23-14-9-20(10-15-23)11-16-24(29)27-19-21-7-12-22(13-8-21)25(30)28-17-5-4-6-18-28/h7-10,12-15H,4-6,11,16-19H2,1-3H3,(H,27,29). The lowest BCUT2D eigenvalue weighted by atomic mass is 9.86. The summed E-state index contributed by atoms with van der Waals surface area (Å²) in [5.74, 6) is 0.158. The molecule has 1 aliphatic rings. The van der Waals surface area contributed by atoms with Crippen LogP contribution in [0.25, 0.3) is 0 Å². The van der Waals surface area contributed by atoms with Crippen molar-refractivity contribution in [2.75, 3.05) is 13.1 Å². The molecule has 2 aromatic rings. The van der Waals surface area contributed by atoms with Gasteiger partial charge in [-0.2, -0.15) is 0 Å². The van der Waals surface area contributed by atoms with Crippen LogP contribution in [0.1, 0.15) is 73.5 Å². The van der Waals surface area contributed by atoms with E-state index in [0.29, 0.717) is 13.0 Å². The van der Waals surface area contributed by atoms with Crippen LogP contribution in [0.15, 0.2) is 48.5 Å². The lowest BCUT2D eigenvalue weighted by molar-refractivity contribution is -0.121. The van der Waals surface area contributed by atoms with Gasteiger partial charge in [-0.15, -0.1) is 0 Å². The van der Waals surface area contributed by atoms with Crippen LogP contribution in [-0.4, -0.2) is 29.8 Å². The Morgan fingerprint density at radius 3 is 2.07 bits per heavy atom. The highest BCUT2D eigenvalue weighted by atomic mass is 16.2. The molecule has 0 spiro atoms. The van der Waals surface area contributed by atoms with Crippen molar-refractivity contribution in [1.82, 2.24) is 10.2 Å². The van der Waals surface area contributed by atoms with E-state index in [4.69, 9.17) is 0 Å². The summed E-state index contributed by atoms with van der Waals surface area (Å²) in [6.07, 6.45) is 4.61. The first kappa shape index (κ1) is 22.1. The fourth-order valence-corrected chi connectivity index (χ4v) is 3.76. The van der Waals surface area contributed by atoms with Crippen LogP contribution in [0.3, 0.4) is 0 Å². The second kappa shape index (κ2) is 9.92. The number of aryl methyl sites for hydroxylation is 1. The number of amides is 2. The summed E-state index contributed by atoms with van der Waals surface area (Å²) in [6, 6.07) is 16.1. The van der Waals surface area contributed by atoms with Crippen LogP contribution >= 0.6 is 0 Å². The Bertz CT molecular complexity index is 842. The quantitative estimate of drug-likeness (QED) is 0.745. The first-order chi connectivity index (χ1) is 14.3. The van der Waals surface area contributed by atoms with E-state index < -0.39 is 0 Å². The van der Waals surface area contributed by atoms with Crippen molar-refractivity contribution in [3.05, 3.63) is 70.8 Å². The summed E-state index contributed by atoms with van der Waals surface area (Å²) in [6.45, 7) is 8.80. The third-order valence-corrected chi connectivity index (χ3v) is 5.79. The number of nitrogens with one attached hydrogen (secondary N) is 1. The van der Waals surface area contributed by atoms with Gasteiger partial charge in [0.1, 0.15) is 0 Å². The van der Waals surface area contributed by atoms with Gasteiger partial charge in [-0.3, -0.25) is 9.59 Å². The average Bonchev–Trinajstić information content (AvgIpc) is 2.76. The van der Waals surface area contributed by atoms with E-state index in [9.17, 15) is 9.59 Å². The fraction of sp³-hybridized carbons (Fsp3) is 0.462. The maximum Gasteiger partial charge on any atom is 0.253 e. The van der Waals surface area contributed by atoms with Gasteiger partial charge in [0, 0.05) is 31.6 Å². The largest absolute Gasteiger partial charge is 0.352 e. The minimum atomic E-state index is 0.0448. The van der Waals surface area contributed by atoms with E-state index in [1.807, 2.05) is 29.2 Å². The van der Waals surface area contributed by atoms with Gasteiger partial charge in [0.25, 0.3) is 5.91 Å². The molecule has 0 aliphatic carbocycles. The number of rotatable bonds is 6. The Morgan fingerprint density at radius 1 is 0.867 bits per heavy atom. The normalized spacial score (nSPS) is 14.4. The number of nitrogens with zero attached hydrogens (tertiary/aromatic N) is 1. The van der Waals surface area contributed by atoms with Gasteiger partial charge in [-0.1, -0.05) is 57.2 Å². The third-order valence-electron chi connectivity index (χ3n) is 5.79. The van der Waals surface area contributed by atoms with Gasteiger partial charge in [-0.05, 0) is 59.9 Å². The van der Waals surface area contributed by atoms with Crippen molar-refractivity contribution in [1.29, 1.82) is 0 Å². The molecule has 1 heterocycles.